The first kappa shape index (κ1) is 34.6. The minimum Gasteiger partial charge on any atom is -1.00 e. The summed E-state index contributed by atoms with van der Waals surface area (Å²) in [5.41, 5.74) is 14.8. The second-order valence-corrected chi connectivity index (χ2v) is 20.0. The molecule has 44 heavy (non-hydrogen) atoms. The van der Waals surface area contributed by atoms with Gasteiger partial charge in [0.1, 0.15) is 0 Å². The van der Waals surface area contributed by atoms with E-state index in [1.807, 2.05) is 0 Å². The summed E-state index contributed by atoms with van der Waals surface area (Å²) >= 11 is -2.59. The second-order valence-electron chi connectivity index (χ2n) is 14.3. The van der Waals surface area contributed by atoms with Crippen LogP contribution in [-0.2, 0) is 32.1 Å². The van der Waals surface area contributed by atoms with Gasteiger partial charge in [-0.2, -0.15) is 0 Å². The maximum Gasteiger partial charge on any atom is -1.00 e. The molecule has 0 bridgehead atoms. The standard InChI is InChI=1S/C21H25.C13H13.C7H6.2ClH.Zr/c1-20(2,3)16-7-9-18-14(12-16)11-15-13-17(21(4,5)6)8-10-19(15)18;1-10-8-11(2)13(9-10)12-6-4-3-5-7-12;1-7-5-3-2-4-6-7;;;/h7-13H,1-6H3;3-7,9-10H,1-2H3;1-6H;2*1H;/q;;;;;+2/p-2. The molecule has 0 N–H and O–H groups in total. The summed E-state index contributed by atoms with van der Waals surface area (Å²) in [5.74, 6) is 0.443. The Bertz CT molecular complexity index is 1680. The molecule has 0 radical (unpaired) electrons. The minimum atomic E-state index is -2.59. The summed E-state index contributed by atoms with van der Waals surface area (Å²) in [7, 11) is 0. The van der Waals surface area contributed by atoms with Crippen molar-refractivity contribution in [3.8, 4) is 11.1 Å². The van der Waals surface area contributed by atoms with Crippen LogP contribution in [0.25, 0.3) is 16.7 Å². The van der Waals surface area contributed by atoms with Crippen molar-refractivity contribution in [3.05, 3.63) is 145 Å². The first-order valence-corrected chi connectivity index (χ1v) is 19.5. The van der Waals surface area contributed by atoms with E-state index in [4.69, 9.17) is 0 Å². The van der Waals surface area contributed by atoms with Gasteiger partial charge in [0.2, 0.25) is 0 Å². The fourth-order valence-corrected chi connectivity index (χ4v) is 15.6. The SMILES string of the molecule is CC1=[C](/[Zr+2](=[CH]\c2ccccc2)[CH]2c3cc(C(C)(C)C)ccc3-c3ccc(C(C)(C)C)cc32)C(C)C=C1c1ccccc1.[Cl-].[Cl-]. The number of halogens is 2. The molecule has 0 amide bonds. The first-order valence-electron chi connectivity index (χ1n) is 15.5. The molecule has 0 saturated carbocycles. The fourth-order valence-electron chi connectivity index (χ4n) is 6.93. The molecule has 0 fully saturated rings. The van der Waals surface area contributed by atoms with Crippen molar-refractivity contribution < 1.29 is 46.1 Å². The number of hydrogen-bond acceptors (Lipinski definition) is 0. The zero-order valence-corrected chi connectivity index (χ0v) is 31.3. The van der Waals surface area contributed by atoms with Crippen molar-refractivity contribution in [2.75, 3.05) is 0 Å². The predicted molar refractivity (Wildman–Crippen MR) is 179 cm³/mol. The summed E-state index contributed by atoms with van der Waals surface area (Å²) in [4.78, 5) is 0. The van der Waals surface area contributed by atoms with Crippen LogP contribution in [0.5, 0.6) is 0 Å². The topological polar surface area (TPSA) is 0 Å². The van der Waals surface area contributed by atoms with Crippen molar-refractivity contribution in [1.29, 1.82) is 0 Å². The third-order valence-corrected chi connectivity index (χ3v) is 17.5. The first-order chi connectivity index (χ1) is 19.9. The molecule has 2 aliphatic carbocycles. The average molecular weight is 699 g/mol. The van der Waals surface area contributed by atoms with Crippen LogP contribution < -0.4 is 24.8 Å². The summed E-state index contributed by atoms with van der Waals surface area (Å²) < 4.78 is 4.94. The molecule has 0 aliphatic heterocycles. The molecule has 1 atom stereocenters. The fraction of sp³-hybridized carbons (Fsp3) is 0.293. The predicted octanol–water partition coefficient (Wildman–Crippen LogP) is 4.84. The molecule has 2 aliphatic rings. The molecular formula is C41H44Cl2Zr. The number of hydrogen-bond donors (Lipinski definition) is 0. The van der Waals surface area contributed by atoms with Crippen molar-refractivity contribution in [2.24, 2.45) is 5.92 Å². The Balaban J connectivity index is 0.00000221. The molecule has 1 unspecified atom stereocenters. The van der Waals surface area contributed by atoms with Gasteiger partial charge in [0.25, 0.3) is 0 Å². The van der Waals surface area contributed by atoms with E-state index in [2.05, 4.69) is 162 Å². The van der Waals surface area contributed by atoms with Crippen LogP contribution in [0.1, 0.15) is 92.4 Å². The van der Waals surface area contributed by atoms with Crippen molar-refractivity contribution in [1.82, 2.24) is 0 Å². The molecule has 0 aromatic heterocycles. The summed E-state index contributed by atoms with van der Waals surface area (Å²) in [5, 5.41) is 0. The molecule has 0 saturated heterocycles. The van der Waals surface area contributed by atoms with Gasteiger partial charge in [-0.1, -0.05) is 0 Å². The Hall–Kier alpha value is -2.31. The monoisotopic (exact) mass is 696 g/mol. The van der Waals surface area contributed by atoms with Crippen LogP contribution in [0.4, 0.5) is 0 Å². The molecule has 0 spiro atoms. The van der Waals surface area contributed by atoms with Gasteiger partial charge in [0, 0.05) is 0 Å². The maximum absolute atomic E-state index is 2.76. The van der Waals surface area contributed by atoms with Gasteiger partial charge in [0.05, 0.1) is 0 Å². The zero-order valence-electron chi connectivity index (χ0n) is 27.3. The van der Waals surface area contributed by atoms with Gasteiger partial charge in [-0.05, 0) is 0 Å². The number of benzene rings is 4. The zero-order chi connectivity index (χ0) is 29.8. The van der Waals surface area contributed by atoms with Crippen molar-refractivity contribution in [3.63, 3.8) is 0 Å². The third-order valence-electron chi connectivity index (χ3n) is 9.26. The van der Waals surface area contributed by atoms with Gasteiger partial charge < -0.3 is 24.8 Å². The summed E-state index contributed by atoms with van der Waals surface area (Å²) in [6, 6.07) is 37.0. The Morgan fingerprint density at radius 2 is 1.11 bits per heavy atom. The smallest absolute Gasteiger partial charge is 1.00 e. The van der Waals surface area contributed by atoms with Crippen LogP contribution in [0.3, 0.4) is 0 Å². The van der Waals surface area contributed by atoms with Crippen LogP contribution in [0, 0.1) is 5.92 Å². The molecule has 6 rings (SSSR count). The molecule has 3 heteroatoms. The Labute approximate surface area is 285 Å². The van der Waals surface area contributed by atoms with E-state index >= 15 is 0 Å². The Morgan fingerprint density at radius 3 is 1.59 bits per heavy atom. The third kappa shape index (κ3) is 6.49. The molecule has 4 aromatic carbocycles. The van der Waals surface area contributed by atoms with E-state index in [0.717, 1.165) is 0 Å². The number of allylic oxidation sites excluding steroid dienone is 4. The van der Waals surface area contributed by atoms with Gasteiger partial charge >= 0.3 is 263 Å². The largest absolute Gasteiger partial charge is 1.00 e. The van der Waals surface area contributed by atoms with E-state index in [1.54, 1.807) is 14.4 Å². The van der Waals surface area contributed by atoms with Crippen LogP contribution in [0.15, 0.2) is 112 Å². The van der Waals surface area contributed by atoms with Crippen LogP contribution in [-0.4, -0.2) is 3.71 Å². The molecule has 226 valence electrons. The van der Waals surface area contributed by atoms with Gasteiger partial charge in [-0.3, -0.25) is 0 Å². The maximum atomic E-state index is 2.76. The van der Waals surface area contributed by atoms with E-state index in [9.17, 15) is 0 Å². The van der Waals surface area contributed by atoms with Crippen molar-refractivity contribution in [2.45, 2.75) is 69.8 Å². The Kier molecular flexibility index (Phi) is 10.4. The number of rotatable bonds is 4. The van der Waals surface area contributed by atoms with Gasteiger partial charge in [-0.25, -0.2) is 0 Å². The summed E-state index contributed by atoms with van der Waals surface area (Å²) in [6.07, 6.45) is 2.55. The minimum absolute atomic E-state index is 0. The molecular weight excluding hydrogens is 655 g/mol. The molecule has 0 nitrogen and oxygen atoms in total. The van der Waals surface area contributed by atoms with Gasteiger partial charge in [-0.15, -0.1) is 0 Å². The van der Waals surface area contributed by atoms with E-state index in [1.165, 1.54) is 44.5 Å². The molecule has 0 heterocycles. The molecule has 4 aromatic rings. The normalized spacial score (nSPS) is 16.2. The second kappa shape index (κ2) is 13.2. The van der Waals surface area contributed by atoms with E-state index in [0.29, 0.717) is 9.54 Å². The van der Waals surface area contributed by atoms with Crippen LogP contribution in [0.2, 0.25) is 0 Å². The van der Waals surface area contributed by atoms with Gasteiger partial charge in [0.15, 0.2) is 0 Å². The average Bonchev–Trinajstić information content (AvgIpc) is 3.44. The van der Waals surface area contributed by atoms with Crippen molar-refractivity contribution >= 4 is 9.28 Å². The Morgan fingerprint density at radius 1 is 0.636 bits per heavy atom. The van der Waals surface area contributed by atoms with Crippen LogP contribution >= 0.6 is 0 Å². The van der Waals surface area contributed by atoms with E-state index < -0.39 is 21.3 Å². The van der Waals surface area contributed by atoms with E-state index in [-0.39, 0.29) is 35.6 Å². The number of fused-ring (bicyclic) bond motifs is 3. The summed E-state index contributed by atoms with van der Waals surface area (Å²) in [6.45, 7) is 18.9. The quantitative estimate of drug-likeness (QED) is 0.287.